The monoisotopic (exact) mass is 541 g/mol. The summed E-state index contributed by atoms with van der Waals surface area (Å²) in [5.41, 5.74) is 0.414. The fourth-order valence-corrected chi connectivity index (χ4v) is 5.51. The van der Waals surface area contributed by atoms with E-state index < -0.39 is 27.5 Å². The van der Waals surface area contributed by atoms with Crippen LogP contribution in [0.5, 0.6) is 0 Å². The number of aliphatic hydroxyl groups is 1. The quantitative estimate of drug-likeness (QED) is 0.122. The van der Waals surface area contributed by atoms with E-state index in [1.165, 1.54) is 51.4 Å². The molecule has 0 fully saturated rings. The Hall–Kier alpha value is -0.960. The van der Waals surface area contributed by atoms with E-state index in [-0.39, 0.29) is 42.4 Å². The summed E-state index contributed by atoms with van der Waals surface area (Å²) in [6.45, 7) is 2.23. The molecule has 2 atom stereocenters. The van der Waals surface area contributed by atoms with Crippen LogP contribution in [0.4, 0.5) is 0 Å². The van der Waals surface area contributed by atoms with Crippen LogP contribution in [0.3, 0.4) is 0 Å². The Morgan fingerprint density at radius 2 is 1.35 bits per heavy atom. The minimum absolute atomic E-state index is 0. The number of nitrogens with one attached hydrogen (secondary N) is 1. The van der Waals surface area contributed by atoms with Gasteiger partial charge in [0.2, 0.25) is 0 Å². The molecule has 2 aromatic rings. The molecule has 6 nitrogen and oxygen atoms in total. The number of rotatable bonds is 19. The van der Waals surface area contributed by atoms with E-state index in [0.717, 1.165) is 30.0 Å². The second-order valence-corrected chi connectivity index (χ2v) is 11.6. The van der Waals surface area contributed by atoms with Gasteiger partial charge in [-0.2, -0.15) is 0 Å². The van der Waals surface area contributed by atoms with E-state index in [9.17, 15) is 22.9 Å². The average Bonchev–Trinajstić information content (AvgIpc) is 2.85. The summed E-state index contributed by atoms with van der Waals surface area (Å²) in [5.74, 6) is -0.434. The molecule has 0 saturated heterocycles. The molecule has 1 amide bonds. The number of amides is 1. The molecule has 0 aliphatic rings. The molecule has 0 heterocycles. The zero-order chi connectivity index (χ0) is 26.2. The van der Waals surface area contributed by atoms with Crippen LogP contribution in [-0.4, -0.2) is 35.5 Å². The second kappa shape index (κ2) is 19.2. The number of hydrogen-bond donors (Lipinski definition) is 2. The molecule has 37 heavy (non-hydrogen) atoms. The Balaban J connectivity index is 0.00000684. The maximum Gasteiger partial charge on any atom is 1.00 e. The molecule has 0 aromatic heterocycles. The Bertz CT molecular complexity index is 1010. The van der Waals surface area contributed by atoms with Crippen LogP contribution in [0.1, 0.15) is 114 Å². The van der Waals surface area contributed by atoms with Crippen molar-refractivity contribution in [3.05, 3.63) is 48.0 Å². The van der Waals surface area contributed by atoms with Gasteiger partial charge in [0.1, 0.15) is 6.23 Å². The van der Waals surface area contributed by atoms with Gasteiger partial charge in [-0.3, -0.25) is 4.79 Å². The molecule has 0 aliphatic heterocycles. The van der Waals surface area contributed by atoms with Gasteiger partial charge in [0.05, 0.1) is 10.1 Å². The smallest absolute Gasteiger partial charge is 0.748 e. The molecule has 2 aromatic carbocycles. The molecule has 0 spiro atoms. The van der Waals surface area contributed by atoms with E-state index in [0.29, 0.717) is 18.4 Å². The number of hydrogen-bond acceptors (Lipinski definition) is 5. The van der Waals surface area contributed by atoms with Gasteiger partial charge in [0.25, 0.3) is 5.91 Å². The van der Waals surface area contributed by atoms with Crippen molar-refractivity contribution in [3.63, 3.8) is 0 Å². The predicted octanol–water partition coefficient (Wildman–Crippen LogP) is 3.68. The fraction of sp³-hybridized carbons (Fsp3) is 0.621. The topological polar surface area (TPSA) is 107 Å². The standard InChI is InChI=1S/C29H45NO5S.Na/c1-2-3-4-5-6-7-8-9-10-11-12-13-18-27(36(33,34)35)21-22-28(31)30-29(32)26-20-19-24-16-14-15-17-25(24)23-26;/h14-17,19-20,23,27-28,31H,2-13,18,21-22H2,1H3,(H,30,32)(H,33,34,35);/q;+1/p-1. The Labute approximate surface area is 246 Å². The summed E-state index contributed by atoms with van der Waals surface area (Å²) >= 11 is 0. The van der Waals surface area contributed by atoms with Crippen LogP contribution in [0.2, 0.25) is 0 Å². The maximum absolute atomic E-state index is 12.5. The Morgan fingerprint density at radius 1 is 0.811 bits per heavy atom. The zero-order valence-electron chi connectivity index (χ0n) is 22.8. The van der Waals surface area contributed by atoms with Crippen molar-refractivity contribution in [2.45, 2.75) is 115 Å². The Kier molecular flexibility index (Phi) is 17.6. The number of fused-ring (bicyclic) bond motifs is 1. The molecule has 2 rings (SSSR count). The average molecular weight is 542 g/mol. The number of unbranched alkanes of at least 4 members (excludes halogenated alkanes) is 11. The number of benzene rings is 2. The molecule has 0 saturated carbocycles. The SMILES string of the molecule is CCCCCCCCCCCCCCC(CCC(O)NC(=O)c1ccc2ccccc2c1)S(=O)(=O)[O-].[Na+]. The third kappa shape index (κ3) is 14.1. The van der Waals surface area contributed by atoms with Crippen molar-refractivity contribution in [2.24, 2.45) is 0 Å². The van der Waals surface area contributed by atoms with E-state index >= 15 is 0 Å². The summed E-state index contributed by atoms with van der Waals surface area (Å²) in [4.78, 5) is 12.5. The maximum atomic E-state index is 12.5. The summed E-state index contributed by atoms with van der Waals surface area (Å²) in [6.07, 6.45) is 13.3. The normalized spacial score (nSPS) is 13.2. The van der Waals surface area contributed by atoms with Crippen molar-refractivity contribution in [1.29, 1.82) is 0 Å². The van der Waals surface area contributed by atoms with Crippen molar-refractivity contribution in [2.75, 3.05) is 0 Å². The van der Waals surface area contributed by atoms with Crippen molar-refractivity contribution in [1.82, 2.24) is 5.32 Å². The summed E-state index contributed by atoms with van der Waals surface area (Å²) in [5, 5.41) is 13.6. The molecule has 2 unspecified atom stereocenters. The van der Waals surface area contributed by atoms with Gasteiger partial charge in [0, 0.05) is 10.8 Å². The molecule has 0 radical (unpaired) electrons. The number of carbonyl (C=O) groups excluding carboxylic acids is 1. The van der Waals surface area contributed by atoms with E-state index in [1.807, 2.05) is 30.3 Å². The van der Waals surface area contributed by atoms with Crippen molar-refractivity contribution in [3.8, 4) is 0 Å². The molecule has 8 heteroatoms. The predicted molar refractivity (Wildman–Crippen MR) is 146 cm³/mol. The van der Waals surface area contributed by atoms with Gasteiger partial charge in [0.15, 0.2) is 0 Å². The summed E-state index contributed by atoms with van der Waals surface area (Å²) in [7, 11) is -4.45. The first-order valence-corrected chi connectivity index (χ1v) is 15.2. The molecule has 0 aliphatic carbocycles. The first-order chi connectivity index (χ1) is 17.3. The molecular weight excluding hydrogens is 497 g/mol. The first-order valence-electron chi connectivity index (χ1n) is 13.7. The van der Waals surface area contributed by atoms with Crippen LogP contribution in [0, 0.1) is 0 Å². The third-order valence-corrected chi connectivity index (χ3v) is 8.15. The van der Waals surface area contributed by atoms with Crippen LogP contribution < -0.4 is 34.9 Å². The fourth-order valence-electron chi connectivity index (χ4n) is 4.63. The van der Waals surface area contributed by atoms with Crippen molar-refractivity contribution < 1.29 is 52.4 Å². The molecule has 202 valence electrons. The number of carbonyl (C=O) groups is 1. The van der Waals surface area contributed by atoms with Crippen LogP contribution in [0.15, 0.2) is 42.5 Å². The van der Waals surface area contributed by atoms with Crippen LogP contribution >= 0.6 is 0 Å². The third-order valence-electron chi connectivity index (χ3n) is 6.86. The number of aliphatic hydroxyl groups excluding tert-OH is 1. The zero-order valence-corrected chi connectivity index (χ0v) is 25.6. The van der Waals surface area contributed by atoms with Gasteiger partial charge >= 0.3 is 29.6 Å². The van der Waals surface area contributed by atoms with Gasteiger partial charge < -0.3 is 15.0 Å². The van der Waals surface area contributed by atoms with Crippen molar-refractivity contribution >= 4 is 26.8 Å². The molecular formula is C29H44NNaO5S. The molecule has 0 bridgehead atoms. The largest absolute Gasteiger partial charge is 1.00 e. The second-order valence-electron chi connectivity index (χ2n) is 9.92. The van der Waals surface area contributed by atoms with Crippen LogP contribution in [-0.2, 0) is 10.1 Å². The minimum atomic E-state index is -4.45. The van der Waals surface area contributed by atoms with E-state index in [4.69, 9.17) is 0 Å². The Morgan fingerprint density at radius 3 is 1.92 bits per heavy atom. The van der Waals surface area contributed by atoms with Crippen LogP contribution in [0.25, 0.3) is 10.8 Å². The van der Waals surface area contributed by atoms with Gasteiger partial charge in [-0.1, -0.05) is 114 Å². The summed E-state index contributed by atoms with van der Waals surface area (Å²) in [6, 6.07) is 12.9. The summed E-state index contributed by atoms with van der Waals surface area (Å²) < 4.78 is 35.2. The van der Waals surface area contributed by atoms with Gasteiger partial charge in [-0.15, -0.1) is 0 Å². The minimum Gasteiger partial charge on any atom is -0.748 e. The van der Waals surface area contributed by atoms with Gasteiger partial charge in [-0.05, 0) is 42.2 Å². The van der Waals surface area contributed by atoms with E-state index in [2.05, 4.69) is 12.2 Å². The first kappa shape index (κ1) is 34.1. The molecule has 2 N–H and O–H groups in total. The van der Waals surface area contributed by atoms with Gasteiger partial charge in [-0.25, -0.2) is 8.42 Å². The van der Waals surface area contributed by atoms with E-state index in [1.54, 1.807) is 12.1 Å².